The summed E-state index contributed by atoms with van der Waals surface area (Å²) in [7, 11) is 2.17. The predicted molar refractivity (Wildman–Crippen MR) is 324 cm³/mol. The van der Waals surface area contributed by atoms with Crippen molar-refractivity contribution in [1.82, 2.24) is 14.1 Å². The molecule has 6 nitrogen and oxygen atoms in total. The largest absolute Gasteiger partial charge is 0.509 e. The topological polar surface area (TPSA) is 38.5 Å². The van der Waals surface area contributed by atoms with Gasteiger partial charge in [-0.2, -0.15) is 18.8 Å². The number of para-hydroxylation sites is 3. The molecule has 0 N–H and O–H groups in total. The van der Waals surface area contributed by atoms with E-state index >= 15 is 0 Å². The Kier molecular flexibility index (Phi) is 11.2. The number of benzene rings is 8. The molecule has 0 saturated heterocycles. The van der Waals surface area contributed by atoms with Crippen LogP contribution in [0.1, 0.15) is 128 Å². The average Bonchev–Trinajstić information content (AvgIpc) is 2.10. The third-order valence-electron chi connectivity index (χ3n) is 17.1. The summed E-state index contributed by atoms with van der Waals surface area (Å²) in [5, 5.41) is 4.64. The van der Waals surface area contributed by atoms with E-state index in [2.05, 4.69) is 267 Å². The minimum Gasteiger partial charge on any atom is -0.509 e. The van der Waals surface area contributed by atoms with Crippen molar-refractivity contribution in [3.05, 3.63) is 221 Å². The predicted octanol–water partition coefficient (Wildman–Crippen LogP) is 18.2. The van der Waals surface area contributed by atoms with Gasteiger partial charge in [0, 0.05) is 77.5 Å². The molecular formula is C72H66N5OPt-3. The number of hydrogen-bond donors (Lipinski definition) is 0. The van der Waals surface area contributed by atoms with Crippen molar-refractivity contribution in [2.45, 2.75) is 110 Å². The van der Waals surface area contributed by atoms with Crippen molar-refractivity contribution in [3.8, 4) is 34.1 Å². The van der Waals surface area contributed by atoms with Gasteiger partial charge in [0.25, 0.3) is 0 Å². The minimum absolute atomic E-state index is 0. The van der Waals surface area contributed by atoms with Crippen molar-refractivity contribution >= 4 is 60.7 Å². The molecule has 398 valence electrons. The standard InChI is InChI=1S/C72H66N5O.Pt/c1-68(2,3)43-35-52-53-36-44(69(4,5)6)38-57(71(10,11)12)66(53)72(65(52)56(37-43)70(7,8)9)54-32-30-47(41-63(54)75-42-74(13)61-26-20-23-55(72)67(61)75)78-46-29-31-50-51-39-45(28-33-60(51)77(62(50)40-46)64-27-18-19-34-73-64)76-58-24-16-14-21-48(58)49-22-15-17-25-59(49)76;/h14-39,42H,1-13H3;/q-3;. The van der Waals surface area contributed by atoms with E-state index in [0.29, 0.717) is 11.5 Å². The van der Waals surface area contributed by atoms with Crippen molar-refractivity contribution in [1.29, 1.82) is 0 Å². The van der Waals surface area contributed by atoms with E-state index in [-0.39, 0.29) is 42.7 Å². The number of aromatic nitrogens is 3. The quantitative estimate of drug-likeness (QED) is 0.165. The van der Waals surface area contributed by atoms with Crippen molar-refractivity contribution < 1.29 is 25.8 Å². The Balaban J connectivity index is 0.00000591. The van der Waals surface area contributed by atoms with E-state index in [1.165, 1.54) is 88.8 Å². The van der Waals surface area contributed by atoms with Gasteiger partial charge in [-0.05, 0) is 133 Å². The van der Waals surface area contributed by atoms with E-state index in [1.54, 1.807) is 0 Å². The van der Waals surface area contributed by atoms with Crippen LogP contribution >= 0.6 is 0 Å². The van der Waals surface area contributed by atoms with E-state index in [1.807, 2.05) is 18.3 Å². The van der Waals surface area contributed by atoms with Crippen molar-refractivity contribution in [3.63, 3.8) is 0 Å². The molecule has 5 heterocycles. The van der Waals surface area contributed by atoms with Crippen LogP contribution in [0.3, 0.4) is 0 Å². The number of hydrogen-bond acceptors (Lipinski definition) is 4. The molecule has 0 unspecified atom stereocenters. The summed E-state index contributed by atoms with van der Waals surface area (Å²) >= 11 is 0. The molecule has 3 aliphatic rings. The van der Waals surface area contributed by atoms with Gasteiger partial charge in [0.15, 0.2) is 0 Å². The van der Waals surface area contributed by atoms with Crippen LogP contribution in [0.15, 0.2) is 158 Å². The van der Waals surface area contributed by atoms with E-state index in [4.69, 9.17) is 9.72 Å². The second kappa shape index (κ2) is 17.3. The Hall–Kier alpha value is -7.40. The first kappa shape index (κ1) is 51.1. The van der Waals surface area contributed by atoms with Crippen LogP contribution in [-0.4, -0.2) is 21.2 Å². The molecule has 8 aromatic carbocycles. The van der Waals surface area contributed by atoms with Gasteiger partial charge in [-0.25, -0.2) is 4.98 Å². The first-order chi connectivity index (χ1) is 37.1. The van der Waals surface area contributed by atoms with Gasteiger partial charge in [0.1, 0.15) is 5.82 Å². The van der Waals surface area contributed by atoms with Gasteiger partial charge >= 0.3 is 0 Å². The second-order valence-electron chi connectivity index (χ2n) is 26.3. The second-order valence-corrected chi connectivity index (χ2v) is 26.3. The average molecular weight is 1210 g/mol. The Labute approximate surface area is 479 Å². The zero-order valence-corrected chi connectivity index (χ0v) is 49.8. The maximum Gasteiger partial charge on any atom is 0.135 e. The van der Waals surface area contributed by atoms with Gasteiger partial charge < -0.3 is 23.7 Å². The molecule has 0 saturated carbocycles. The zero-order chi connectivity index (χ0) is 54.2. The molecule has 1 spiro atoms. The Morgan fingerprint density at radius 3 is 1.68 bits per heavy atom. The SMILES string of the molecule is CN1[CH-]N2c3[c-]c(Oc4[c-]c5c(cc4)c4cc(-n6c7ccccc7c7ccccc76)ccc4n5-c4ccccn4)ccc3C3(c4cccc1c42)c1c(cc(C(C)(C)C)cc1C(C)(C)C)-c1cc(C(C)(C)C)cc(C(C)(C)C)c13.[Pt]. The number of anilines is 3. The first-order valence-corrected chi connectivity index (χ1v) is 27.7. The molecule has 7 heteroatoms. The molecule has 14 rings (SSSR count). The molecule has 0 radical (unpaired) electrons. The fourth-order valence-electron chi connectivity index (χ4n) is 13.4. The van der Waals surface area contributed by atoms with Crippen LogP contribution in [0.4, 0.5) is 17.1 Å². The smallest absolute Gasteiger partial charge is 0.135 e. The summed E-state index contributed by atoms with van der Waals surface area (Å²) in [5.41, 5.74) is 20.8. The van der Waals surface area contributed by atoms with Gasteiger partial charge in [0.05, 0.1) is 11.0 Å². The number of pyridine rings is 1. The summed E-state index contributed by atoms with van der Waals surface area (Å²) in [5.74, 6) is 2.03. The van der Waals surface area contributed by atoms with Gasteiger partial charge in [0.2, 0.25) is 0 Å². The van der Waals surface area contributed by atoms with E-state index in [9.17, 15) is 0 Å². The number of nitrogens with zero attached hydrogens (tertiary/aromatic N) is 5. The molecule has 0 amide bonds. The fourth-order valence-corrected chi connectivity index (χ4v) is 13.4. The summed E-state index contributed by atoms with van der Waals surface area (Å²) in [6.07, 6.45) is 1.86. The van der Waals surface area contributed by atoms with Crippen LogP contribution in [-0.2, 0) is 48.1 Å². The van der Waals surface area contributed by atoms with Crippen molar-refractivity contribution in [2.75, 3.05) is 16.8 Å². The van der Waals surface area contributed by atoms with Crippen molar-refractivity contribution in [2.24, 2.45) is 0 Å². The normalized spacial score (nSPS) is 14.5. The van der Waals surface area contributed by atoms with Crippen LogP contribution < -0.4 is 14.5 Å². The molecule has 79 heavy (non-hydrogen) atoms. The molecule has 11 aromatic rings. The van der Waals surface area contributed by atoms with Crippen LogP contribution in [0, 0.1) is 18.8 Å². The Morgan fingerprint density at radius 2 is 1.09 bits per heavy atom. The first-order valence-electron chi connectivity index (χ1n) is 27.7. The summed E-state index contributed by atoms with van der Waals surface area (Å²) in [6.45, 7) is 30.8. The summed E-state index contributed by atoms with van der Waals surface area (Å²) in [4.78, 5) is 9.55. The van der Waals surface area contributed by atoms with Gasteiger partial charge in [-0.3, -0.25) is 0 Å². The minimum atomic E-state index is -0.694. The molecule has 0 fully saturated rings. The van der Waals surface area contributed by atoms with E-state index in [0.717, 1.165) is 39.0 Å². The third-order valence-corrected chi connectivity index (χ3v) is 17.1. The Morgan fingerprint density at radius 1 is 0.506 bits per heavy atom. The molecule has 0 bridgehead atoms. The van der Waals surface area contributed by atoms with Crippen LogP contribution in [0.2, 0.25) is 0 Å². The fraction of sp³-hybridized carbons (Fsp3) is 0.250. The third kappa shape index (κ3) is 7.42. The molecule has 0 atom stereocenters. The van der Waals surface area contributed by atoms with Gasteiger partial charge in [-0.15, -0.1) is 35.2 Å². The number of fused-ring (bicyclic) bond motifs is 15. The number of ether oxygens (including phenoxy) is 1. The molecule has 2 aliphatic heterocycles. The monoisotopic (exact) mass is 1210 g/mol. The molecular weight excluding hydrogens is 1150 g/mol. The summed E-state index contributed by atoms with van der Waals surface area (Å²) < 4.78 is 11.7. The van der Waals surface area contributed by atoms with Crippen LogP contribution in [0.5, 0.6) is 11.5 Å². The summed E-state index contributed by atoms with van der Waals surface area (Å²) in [6, 6.07) is 63.9. The molecule has 3 aromatic heterocycles. The number of rotatable bonds is 4. The van der Waals surface area contributed by atoms with E-state index < -0.39 is 5.41 Å². The molecule has 1 aliphatic carbocycles. The van der Waals surface area contributed by atoms with Gasteiger partial charge in [-0.1, -0.05) is 173 Å². The zero-order valence-electron chi connectivity index (χ0n) is 47.5. The Bertz CT molecular complexity index is 4200. The maximum atomic E-state index is 7.09. The maximum absolute atomic E-state index is 7.09. The van der Waals surface area contributed by atoms with Crippen LogP contribution in [0.25, 0.3) is 66.2 Å².